The van der Waals surface area contributed by atoms with E-state index in [2.05, 4.69) is 0 Å². The highest BCUT2D eigenvalue weighted by atomic mass is 19.1. The lowest BCUT2D eigenvalue weighted by Crippen LogP contribution is -2.28. The zero-order valence-electron chi connectivity index (χ0n) is 10.1. The molecule has 0 atom stereocenters. The predicted octanol–water partition coefficient (Wildman–Crippen LogP) is 3.56. The first-order valence-corrected chi connectivity index (χ1v) is 5.82. The summed E-state index contributed by atoms with van der Waals surface area (Å²) in [7, 11) is 0. The van der Waals surface area contributed by atoms with Crippen LogP contribution in [0.15, 0.2) is 24.3 Å². The van der Waals surface area contributed by atoms with Crippen molar-refractivity contribution in [3.8, 4) is 0 Å². The molecule has 2 rings (SSSR count). The zero-order chi connectivity index (χ0) is 12.7. The Morgan fingerprint density at radius 1 is 1.29 bits per heavy atom. The van der Waals surface area contributed by atoms with Crippen LogP contribution in [0.5, 0.6) is 0 Å². The fourth-order valence-electron chi connectivity index (χ4n) is 1.95. The maximum absolute atomic E-state index is 13.6. The molecule has 1 aliphatic rings. The maximum Gasteiger partial charge on any atom is 0.170 e. The number of ketones is 1. The Kier molecular flexibility index (Phi) is 2.80. The molecule has 0 aliphatic heterocycles. The lowest BCUT2D eigenvalue weighted by molar-refractivity contribution is -0.126. The average Bonchev–Trinajstić information content (AvgIpc) is 2.98. The quantitative estimate of drug-likeness (QED) is 0.783. The Bertz CT molecular complexity index is 430. The second kappa shape index (κ2) is 3.90. The zero-order valence-corrected chi connectivity index (χ0v) is 10.1. The number of hydrogen-bond donors (Lipinski definition) is 0. The van der Waals surface area contributed by atoms with Gasteiger partial charge < -0.3 is 0 Å². The molecule has 0 heterocycles. The number of alkyl halides is 1. The monoisotopic (exact) mass is 238 g/mol. The first-order chi connectivity index (χ1) is 7.83. The van der Waals surface area contributed by atoms with Gasteiger partial charge in [-0.1, -0.05) is 26.0 Å². The summed E-state index contributed by atoms with van der Waals surface area (Å²) in [5, 5.41) is 0. The van der Waals surface area contributed by atoms with Crippen LogP contribution in [0.2, 0.25) is 0 Å². The summed E-state index contributed by atoms with van der Waals surface area (Å²) in [5.74, 6) is -0.633. The molecule has 0 N–H and O–H groups in total. The Hall–Kier alpha value is -1.25. The van der Waals surface area contributed by atoms with Gasteiger partial charge in [0, 0.05) is 6.42 Å². The van der Waals surface area contributed by atoms with Crippen molar-refractivity contribution in [1.29, 1.82) is 0 Å². The van der Waals surface area contributed by atoms with Gasteiger partial charge in [-0.3, -0.25) is 4.79 Å². The van der Waals surface area contributed by atoms with E-state index in [9.17, 15) is 13.6 Å². The van der Waals surface area contributed by atoms with Gasteiger partial charge >= 0.3 is 0 Å². The summed E-state index contributed by atoms with van der Waals surface area (Å²) in [6.45, 7) is 3.76. The van der Waals surface area contributed by atoms with Crippen LogP contribution >= 0.6 is 0 Å². The van der Waals surface area contributed by atoms with E-state index in [1.54, 1.807) is 12.1 Å². The molecule has 92 valence electrons. The third-order valence-electron chi connectivity index (χ3n) is 3.42. The van der Waals surface area contributed by atoms with Crippen LogP contribution in [0.1, 0.15) is 38.7 Å². The molecule has 1 aromatic carbocycles. The minimum Gasteiger partial charge on any atom is -0.296 e. The van der Waals surface area contributed by atoms with Crippen molar-refractivity contribution in [2.45, 2.75) is 44.2 Å². The first-order valence-electron chi connectivity index (χ1n) is 5.82. The lowest BCUT2D eigenvalue weighted by Gasteiger charge is -2.25. The molecule has 0 aromatic heterocycles. The second-order valence-electron chi connectivity index (χ2n) is 5.46. The van der Waals surface area contributed by atoms with E-state index < -0.39 is 11.1 Å². The third-order valence-corrected chi connectivity index (χ3v) is 3.42. The maximum atomic E-state index is 13.6. The molecule has 1 fully saturated rings. The highest BCUT2D eigenvalue weighted by Gasteiger charge is 2.51. The minimum absolute atomic E-state index is 0.162. The molecule has 0 amide bonds. The van der Waals surface area contributed by atoms with E-state index in [1.807, 2.05) is 13.8 Å². The molecule has 3 heteroatoms. The van der Waals surface area contributed by atoms with Crippen LogP contribution in [0, 0.1) is 5.82 Å². The fourth-order valence-corrected chi connectivity index (χ4v) is 1.95. The van der Waals surface area contributed by atoms with Crippen molar-refractivity contribution in [3.05, 3.63) is 35.6 Å². The Morgan fingerprint density at radius 2 is 1.82 bits per heavy atom. The number of carbonyl (C=O) groups excluding carboxylic acids is 1. The van der Waals surface area contributed by atoms with E-state index in [4.69, 9.17) is 0 Å². The van der Waals surface area contributed by atoms with Gasteiger partial charge in [-0.2, -0.15) is 0 Å². The molecular formula is C14H16F2O. The van der Waals surface area contributed by atoms with Gasteiger partial charge in [0.15, 0.2) is 11.5 Å². The summed E-state index contributed by atoms with van der Waals surface area (Å²) in [6, 6.07) is 6.04. The number of rotatable bonds is 4. The summed E-state index contributed by atoms with van der Waals surface area (Å²) < 4.78 is 26.4. The topological polar surface area (TPSA) is 17.1 Å². The van der Waals surface area contributed by atoms with Crippen molar-refractivity contribution in [3.63, 3.8) is 0 Å². The van der Waals surface area contributed by atoms with Gasteiger partial charge in [0.05, 0.1) is 0 Å². The molecule has 0 unspecified atom stereocenters. The first kappa shape index (κ1) is 12.2. The van der Waals surface area contributed by atoms with E-state index in [0.717, 1.165) is 5.56 Å². The van der Waals surface area contributed by atoms with Crippen molar-refractivity contribution < 1.29 is 13.6 Å². The third kappa shape index (κ3) is 2.54. The molecule has 0 bridgehead atoms. The van der Waals surface area contributed by atoms with Crippen LogP contribution in [-0.2, 0) is 10.2 Å². The predicted molar refractivity (Wildman–Crippen MR) is 62.1 cm³/mol. The molecule has 1 aliphatic carbocycles. The van der Waals surface area contributed by atoms with E-state index in [1.165, 1.54) is 12.1 Å². The Labute approximate surface area is 99.8 Å². The molecular weight excluding hydrogens is 222 g/mol. The minimum atomic E-state index is -1.57. The number of hydrogen-bond acceptors (Lipinski definition) is 1. The SMILES string of the molecule is CC(C)(CC(=O)C1(F)CC1)c1ccc(F)cc1. The van der Waals surface area contributed by atoms with Gasteiger partial charge in [-0.25, -0.2) is 8.78 Å². The van der Waals surface area contributed by atoms with Gasteiger partial charge in [-0.05, 0) is 36.0 Å². The van der Waals surface area contributed by atoms with Crippen molar-refractivity contribution in [1.82, 2.24) is 0 Å². The molecule has 0 spiro atoms. The average molecular weight is 238 g/mol. The number of benzene rings is 1. The van der Waals surface area contributed by atoms with Crippen molar-refractivity contribution in [2.75, 3.05) is 0 Å². The Balaban J connectivity index is 2.13. The normalized spacial score (nSPS) is 17.9. The van der Waals surface area contributed by atoms with Crippen LogP contribution in [0.25, 0.3) is 0 Å². The molecule has 1 nitrogen and oxygen atoms in total. The van der Waals surface area contributed by atoms with Crippen LogP contribution in [0.3, 0.4) is 0 Å². The smallest absolute Gasteiger partial charge is 0.170 e. The largest absolute Gasteiger partial charge is 0.296 e. The molecule has 1 saturated carbocycles. The van der Waals surface area contributed by atoms with E-state index >= 15 is 0 Å². The summed E-state index contributed by atoms with van der Waals surface area (Å²) >= 11 is 0. The summed E-state index contributed by atoms with van der Waals surface area (Å²) in [6.07, 6.45) is 0.867. The fraction of sp³-hybridized carbons (Fsp3) is 0.500. The van der Waals surface area contributed by atoms with Crippen LogP contribution < -0.4 is 0 Å². The summed E-state index contributed by atoms with van der Waals surface area (Å²) in [5.41, 5.74) is -1.17. The van der Waals surface area contributed by atoms with E-state index in [0.29, 0.717) is 12.8 Å². The number of carbonyl (C=O) groups is 1. The van der Waals surface area contributed by atoms with Crippen LogP contribution in [0.4, 0.5) is 8.78 Å². The van der Waals surface area contributed by atoms with Gasteiger partial charge in [0.25, 0.3) is 0 Å². The van der Waals surface area contributed by atoms with Crippen LogP contribution in [-0.4, -0.2) is 11.5 Å². The molecule has 17 heavy (non-hydrogen) atoms. The van der Waals surface area contributed by atoms with Crippen molar-refractivity contribution >= 4 is 5.78 Å². The van der Waals surface area contributed by atoms with Gasteiger partial charge in [0.2, 0.25) is 0 Å². The molecule has 1 aromatic rings. The van der Waals surface area contributed by atoms with Crippen molar-refractivity contribution in [2.24, 2.45) is 0 Å². The highest BCUT2D eigenvalue weighted by molar-refractivity contribution is 5.90. The molecule has 0 saturated heterocycles. The Morgan fingerprint density at radius 3 is 2.29 bits per heavy atom. The van der Waals surface area contributed by atoms with Gasteiger partial charge in [0.1, 0.15) is 5.82 Å². The lowest BCUT2D eigenvalue weighted by atomic mass is 9.79. The summed E-state index contributed by atoms with van der Waals surface area (Å²) in [4.78, 5) is 11.7. The number of Topliss-reactive ketones (excluding diaryl/α,β-unsaturated/α-hetero) is 1. The second-order valence-corrected chi connectivity index (χ2v) is 5.46. The highest BCUT2D eigenvalue weighted by Crippen LogP contribution is 2.43. The molecule has 0 radical (unpaired) electrons. The number of halogens is 2. The standard InChI is InChI=1S/C14H16F2O/c1-13(2,9-12(17)14(16)7-8-14)10-3-5-11(15)6-4-10/h3-6H,7-9H2,1-2H3. The van der Waals surface area contributed by atoms with Gasteiger partial charge in [-0.15, -0.1) is 0 Å². The van der Waals surface area contributed by atoms with E-state index in [-0.39, 0.29) is 18.0 Å².